The number of fused-ring (bicyclic) bond motifs is 1. The van der Waals surface area contributed by atoms with Crippen LogP contribution in [0.2, 0.25) is 0 Å². The van der Waals surface area contributed by atoms with Gasteiger partial charge in [0, 0.05) is 24.7 Å². The average molecular weight is 261 g/mol. The molecule has 0 amide bonds. The van der Waals surface area contributed by atoms with Crippen LogP contribution in [0.5, 0.6) is 5.75 Å². The first-order valence-corrected chi connectivity index (χ1v) is 7.18. The van der Waals surface area contributed by atoms with Crippen molar-refractivity contribution in [3.8, 4) is 5.75 Å². The molecular formula is C16H23NO2. The molecule has 0 aliphatic carbocycles. The van der Waals surface area contributed by atoms with Gasteiger partial charge in [-0.1, -0.05) is 13.0 Å². The minimum atomic E-state index is 0.293. The molecule has 1 aromatic heterocycles. The highest BCUT2D eigenvalue weighted by molar-refractivity contribution is 5.86. The molecule has 104 valence electrons. The van der Waals surface area contributed by atoms with Crippen LogP contribution >= 0.6 is 0 Å². The maximum atomic E-state index is 8.79. The van der Waals surface area contributed by atoms with Gasteiger partial charge >= 0.3 is 0 Å². The van der Waals surface area contributed by atoms with Crippen LogP contribution in [-0.2, 0) is 6.54 Å². The number of hydrogen-bond acceptors (Lipinski definition) is 2. The third-order valence-corrected chi connectivity index (χ3v) is 3.29. The molecule has 2 aromatic rings. The molecule has 0 fully saturated rings. The standard InChI is InChI=1S/C16H23NO2/c1-2-13-19-16-8-6-7-15-14(16)9-11-17(15)10-4-3-5-12-18/h6-9,11,18H,2-5,10,12-13H2,1H3. The molecule has 1 heterocycles. The van der Waals surface area contributed by atoms with Crippen molar-refractivity contribution in [2.75, 3.05) is 13.2 Å². The van der Waals surface area contributed by atoms with Gasteiger partial charge in [0.1, 0.15) is 5.75 Å². The molecular weight excluding hydrogens is 238 g/mol. The first-order chi connectivity index (χ1) is 9.36. The second-order valence-electron chi connectivity index (χ2n) is 4.83. The van der Waals surface area contributed by atoms with Crippen LogP contribution in [-0.4, -0.2) is 22.9 Å². The van der Waals surface area contributed by atoms with Gasteiger partial charge in [-0.3, -0.25) is 0 Å². The van der Waals surface area contributed by atoms with E-state index in [9.17, 15) is 0 Å². The van der Waals surface area contributed by atoms with Gasteiger partial charge in [0.2, 0.25) is 0 Å². The number of aromatic nitrogens is 1. The van der Waals surface area contributed by atoms with Crippen molar-refractivity contribution in [3.05, 3.63) is 30.5 Å². The van der Waals surface area contributed by atoms with E-state index in [4.69, 9.17) is 9.84 Å². The van der Waals surface area contributed by atoms with Crippen molar-refractivity contribution in [1.82, 2.24) is 4.57 Å². The zero-order chi connectivity index (χ0) is 13.5. The summed E-state index contributed by atoms with van der Waals surface area (Å²) in [4.78, 5) is 0. The summed E-state index contributed by atoms with van der Waals surface area (Å²) in [5.41, 5.74) is 1.23. The normalized spacial score (nSPS) is 11.1. The summed E-state index contributed by atoms with van der Waals surface area (Å²) >= 11 is 0. The molecule has 1 N–H and O–H groups in total. The summed E-state index contributed by atoms with van der Waals surface area (Å²) in [5.74, 6) is 0.980. The van der Waals surface area contributed by atoms with Gasteiger partial charge in [0.25, 0.3) is 0 Å². The van der Waals surface area contributed by atoms with E-state index < -0.39 is 0 Å². The van der Waals surface area contributed by atoms with Crippen molar-refractivity contribution < 1.29 is 9.84 Å². The van der Waals surface area contributed by atoms with Crippen LogP contribution in [0.25, 0.3) is 10.9 Å². The Hall–Kier alpha value is -1.48. The van der Waals surface area contributed by atoms with E-state index in [1.54, 1.807) is 0 Å². The fraction of sp³-hybridized carbons (Fsp3) is 0.500. The van der Waals surface area contributed by atoms with Crippen LogP contribution in [0.15, 0.2) is 30.5 Å². The van der Waals surface area contributed by atoms with E-state index in [2.05, 4.69) is 35.9 Å². The highest BCUT2D eigenvalue weighted by Crippen LogP contribution is 2.27. The second kappa shape index (κ2) is 7.19. The lowest BCUT2D eigenvalue weighted by molar-refractivity contribution is 0.282. The van der Waals surface area contributed by atoms with Crippen molar-refractivity contribution >= 4 is 10.9 Å². The van der Waals surface area contributed by atoms with Gasteiger partial charge in [-0.2, -0.15) is 0 Å². The number of benzene rings is 1. The molecule has 3 nitrogen and oxygen atoms in total. The SMILES string of the molecule is CCCOc1cccc2c1ccn2CCCCCO. The Morgan fingerprint density at radius 2 is 2.05 bits per heavy atom. The summed E-state index contributed by atoms with van der Waals surface area (Å²) in [5, 5.41) is 9.98. The van der Waals surface area contributed by atoms with Gasteiger partial charge in [-0.25, -0.2) is 0 Å². The third kappa shape index (κ3) is 3.51. The van der Waals surface area contributed by atoms with Crippen LogP contribution in [0.3, 0.4) is 0 Å². The van der Waals surface area contributed by atoms with Crippen molar-refractivity contribution in [2.24, 2.45) is 0 Å². The number of nitrogens with zero attached hydrogens (tertiary/aromatic N) is 1. The van der Waals surface area contributed by atoms with Gasteiger partial charge in [0.05, 0.1) is 12.1 Å². The Morgan fingerprint density at radius 3 is 2.84 bits per heavy atom. The van der Waals surface area contributed by atoms with Gasteiger partial charge in [-0.15, -0.1) is 0 Å². The van der Waals surface area contributed by atoms with E-state index in [-0.39, 0.29) is 0 Å². The second-order valence-corrected chi connectivity index (χ2v) is 4.83. The molecule has 0 radical (unpaired) electrons. The molecule has 0 aliphatic rings. The smallest absolute Gasteiger partial charge is 0.128 e. The monoisotopic (exact) mass is 261 g/mol. The van der Waals surface area contributed by atoms with Crippen molar-refractivity contribution in [3.63, 3.8) is 0 Å². The molecule has 0 spiro atoms. The van der Waals surface area contributed by atoms with Crippen molar-refractivity contribution in [2.45, 2.75) is 39.2 Å². The predicted octanol–water partition coefficient (Wildman–Crippen LogP) is 3.59. The van der Waals surface area contributed by atoms with Crippen LogP contribution in [0, 0.1) is 0 Å². The van der Waals surface area contributed by atoms with Gasteiger partial charge < -0.3 is 14.4 Å². The van der Waals surface area contributed by atoms with E-state index in [1.165, 1.54) is 10.9 Å². The predicted molar refractivity (Wildman–Crippen MR) is 78.7 cm³/mol. The molecule has 0 atom stereocenters. The van der Waals surface area contributed by atoms with Crippen LogP contribution < -0.4 is 4.74 Å². The first kappa shape index (κ1) is 13.9. The Kier molecular flexibility index (Phi) is 5.28. The molecule has 2 rings (SSSR count). The van der Waals surface area contributed by atoms with Crippen molar-refractivity contribution in [1.29, 1.82) is 0 Å². The molecule has 0 saturated carbocycles. The molecule has 0 aliphatic heterocycles. The highest BCUT2D eigenvalue weighted by atomic mass is 16.5. The Balaban J connectivity index is 2.09. The lowest BCUT2D eigenvalue weighted by Crippen LogP contribution is -1.98. The minimum absolute atomic E-state index is 0.293. The lowest BCUT2D eigenvalue weighted by Gasteiger charge is -2.08. The maximum absolute atomic E-state index is 8.79. The number of ether oxygens (including phenoxy) is 1. The molecule has 3 heteroatoms. The zero-order valence-corrected chi connectivity index (χ0v) is 11.6. The molecule has 0 bridgehead atoms. The van der Waals surface area contributed by atoms with E-state index >= 15 is 0 Å². The summed E-state index contributed by atoms with van der Waals surface area (Å²) in [6.07, 6.45) is 6.22. The van der Waals surface area contributed by atoms with E-state index in [0.717, 1.165) is 44.6 Å². The maximum Gasteiger partial charge on any atom is 0.128 e. The van der Waals surface area contributed by atoms with Crippen LogP contribution in [0.1, 0.15) is 32.6 Å². The Labute approximate surface area is 114 Å². The number of aliphatic hydroxyl groups excluding tert-OH is 1. The Bertz CT molecular complexity index is 504. The number of aryl methyl sites for hydroxylation is 1. The van der Waals surface area contributed by atoms with Gasteiger partial charge in [0.15, 0.2) is 0 Å². The summed E-state index contributed by atoms with van der Waals surface area (Å²) in [7, 11) is 0. The zero-order valence-electron chi connectivity index (χ0n) is 11.6. The fourth-order valence-electron chi connectivity index (χ4n) is 2.30. The minimum Gasteiger partial charge on any atom is -0.493 e. The molecule has 0 unspecified atom stereocenters. The lowest BCUT2D eigenvalue weighted by atomic mass is 10.2. The van der Waals surface area contributed by atoms with E-state index in [0.29, 0.717) is 6.61 Å². The highest BCUT2D eigenvalue weighted by Gasteiger charge is 2.06. The quantitative estimate of drug-likeness (QED) is 0.737. The fourth-order valence-corrected chi connectivity index (χ4v) is 2.30. The van der Waals surface area contributed by atoms with Crippen LogP contribution in [0.4, 0.5) is 0 Å². The van der Waals surface area contributed by atoms with Gasteiger partial charge in [-0.05, 0) is 43.9 Å². The summed E-state index contributed by atoms with van der Waals surface area (Å²) < 4.78 is 8.05. The molecule has 19 heavy (non-hydrogen) atoms. The van der Waals surface area contributed by atoms with E-state index in [1.807, 2.05) is 6.07 Å². The number of rotatable bonds is 8. The summed E-state index contributed by atoms with van der Waals surface area (Å²) in [6.45, 7) is 4.18. The number of unbranched alkanes of at least 4 members (excludes halogenated alkanes) is 2. The number of hydrogen-bond donors (Lipinski definition) is 1. The average Bonchev–Trinajstić information content (AvgIpc) is 2.85. The number of aliphatic hydroxyl groups is 1. The first-order valence-electron chi connectivity index (χ1n) is 7.18. The summed E-state index contributed by atoms with van der Waals surface area (Å²) in [6, 6.07) is 8.36. The Morgan fingerprint density at radius 1 is 1.16 bits per heavy atom. The third-order valence-electron chi connectivity index (χ3n) is 3.29. The molecule has 1 aromatic carbocycles. The topological polar surface area (TPSA) is 34.4 Å². The largest absolute Gasteiger partial charge is 0.493 e. The molecule has 0 saturated heterocycles.